The van der Waals surface area contributed by atoms with E-state index in [1.54, 1.807) is 0 Å². The number of hydrogen-bond acceptors (Lipinski definition) is 3. The van der Waals surface area contributed by atoms with Crippen LogP contribution in [0, 0.1) is 0 Å². The third kappa shape index (κ3) is 3.14. The fraction of sp³-hybridized carbons (Fsp3) is 0.400. The number of hydrogen-bond donors (Lipinski definition) is 1. The van der Waals surface area contributed by atoms with Crippen molar-refractivity contribution in [2.24, 2.45) is 5.73 Å². The number of para-hydroxylation sites is 1. The molecule has 0 saturated heterocycles. The maximum absolute atomic E-state index is 6.42. The molecule has 0 fully saturated rings. The lowest BCUT2D eigenvalue weighted by Gasteiger charge is -2.37. The zero-order chi connectivity index (χ0) is 17.5. The Bertz CT molecular complexity index is 861. The molecule has 0 aliphatic rings. The van der Waals surface area contributed by atoms with E-state index in [-0.39, 0.29) is 11.1 Å². The SMILES string of the molecule is CC(C)(C)[Si](C)(C)OC[C@@H](N)c1ccc2oc3ccccc3c2c1. The Hall–Kier alpha value is -1.62. The van der Waals surface area contributed by atoms with Crippen LogP contribution in [-0.2, 0) is 4.43 Å². The highest BCUT2D eigenvalue weighted by Gasteiger charge is 2.37. The fourth-order valence-electron chi connectivity index (χ4n) is 2.59. The largest absolute Gasteiger partial charge is 0.456 e. The van der Waals surface area contributed by atoms with Crippen molar-refractivity contribution in [3.8, 4) is 0 Å². The quantitative estimate of drug-likeness (QED) is 0.628. The highest BCUT2D eigenvalue weighted by molar-refractivity contribution is 6.74. The molecule has 0 amide bonds. The Morgan fingerprint density at radius 3 is 2.42 bits per heavy atom. The molecular weight excluding hydrogens is 314 g/mol. The third-order valence-electron chi connectivity index (χ3n) is 5.26. The van der Waals surface area contributed by atoms with Gasteiger partial charge in [-0.15, -0.1) is 0 Å². The molecule has 0 aliphatic carbocycles. The highest BCUT2D eigenvalue weighted by Crippen LogP contribution is 2.37. The maximum Gasteiger partial charge on any atom is 0.192 e. The van der Waals surface area contributed by atoms with E-state index in [1.165, 1.54) is 0 Å². The summed E-state index contributed by atoms with van der Waals surface area (Å²) in [4.78, 5) is 0. The summed E-state index contributed by atoms with van der Waals surface area (Å²) in [7, 11) is -1.78. The molecule has 1 heterocycles. The van der Waals surface area contributed by atoms with Crippen LogP contribution in [0.2, 0.25) is 18.1 Å². The first-order chi connectivity index (χ1) is 11.2. The summed E-state index contributed by atoms with van der Waals surface area (Å²) in [5.41, 5.74) is 9.32. The fourth-order valence-corrected chi connectivity index (χ4v) is 3.61. The molecule has 3 aromatic rings. The number of nitrogens with two attached hydrogens (primary N) is 1. The molecule has 3 rings (SSSR count). The summed E-state index contributed by atoms with van der Waals surface area (Å²) < 4.78 is 12.2. The van der Waals surface area contributed by atoms with E-state index in [4.69, 9.17) is 14.6 Å². The zero-order valence-electron chi connectivity index (χ0n) is 15.2. The minimum Gasteiger partial charge on any atom is -0.456 e. The Morgan fingerprint density at radius 1 is 1.04 bits per heavy atom. The predicted molar refractivity (Wildman–Crippen MR) is 104 cm³/mol. The molecule has 0 aliphatic heterocycles. The van der Waals surface area contributed by atoms with E-state index in [0.29, 0.717) is 6.61 Å². The van der Waals surface area contributed by atoms with Gasteiger partial charge in [0.05, 0.1) is 12.6 Å². The van der Waals surface area contributed by atoms with Crippen molar-refractivity contribution < 1.29 is 8.84 Å². The molecule has 0 bridgehead atoms. The standard InChI is InChI=1S/C20H27NO2Si/c1-20(2,3)24(4,5)22-13-17(21)14-10-11-19-16(12-14)15-8-6-7-9-18(15)23-19/h6-12,17H,13,21H2,1-5H3/t17-/m1/s1. The van der Waals surface area contributed by atoms with E-state index >= 15 is 0 Å². The van der Waals surface area contributed by atoms with Gasteiger partial charge in [-0.2, -0.15) is 0 Å². The second-order valence-electron chi connectivity index (χ2n) is 8.03. The molecule has 3 nitrogen and oxygen atoms in total. The van der Waals surface area contributed by atoms with Gasteiger partial charge in [0, 0.05) is 10.8 Å². The average molecular weight is 342 g/mol. The van der Waals surface area contributed by atoms with Crippen molar-refractivity contribution >= 4 is 30.3 Å². The lowest BCUT2D eigenvalue weighted by molar-refractivity contribution is 0.264. The van der Waals surface area contributed by atoms with Gasteiger partial charge in [0.1, 0.15) is 11.2 Å². The average Bonchev–Trinajstić information content (AvgIpc) is 2.89. The van der Waals surface area contributed by atoms with Crippen molar-refractivity contribution in [1.29, 1.82) is 0 Å². The van der Waals surface area contributed by atoms with Crippen molar-refractivity contribution in [3.63, 3.8) is 0 Å². The molecule has 2 N–H and O–H groups in total. The van der Waals surface area contributed by atoms with Gasteiger partial charge in [-0.25, -0.2) is 0 Å². The molecule has 0 unspecified atom stereocenters. The molecular formula is C20H27NO2Si. The third-order valence-corrected chi connectivity index (χ3v) is 9.76. The molecule has 24 heavy (non-hydrogen) atoms. The normalized spacial score (nSPS) is 14.4. The Balaban J connectivity index is 1.85. The van der Waals surface area contributed by atoms with Crippen LogP contribution in [0.1, 0.15) is 32.4 Å². The monoisotopic (exact) mass is 341 g/mol. The number of rotatable bonds is 4. The van der Waals surface area contributed by atoms with Gasteiger partial charge in [-0.3, -0.25) is 0 Å². The number of furan rings is 1. The van der Waals surface area contributed by atoms with Crippen molar-refractivity contribution in [1.82, 2.24) is 0 Å². The van der Waals surface area contributed by atoms with Gasteiger partial charge < -0.3 is 14.6 Å². The van der Waals surface area contributed by atoms with Gasteiger partial charge >= 0.3 is 0 Å². The molecule has 128 valence electrons. The topological polar surface area (TPSA) is 48.4 Å². The highest BCUT2D eigenvalue weighted by atomic mass is 28.4. The van der Waals surface area contributed by atoms with Crippen molar-refractivity contribution in [2.45, 2.75) is 44.9 Å². The second-order valence-corrected chi connectivity index (χ2v) is 12.8. The molecule has 1 atom stereocenters. The summed E-state index contributed by atoms with van der Waals surface area (Å²) in [6.07, 6.45) is 0. The van der Waals surface area contributed by atoms with Crippen LogP contribution >= 0.6 is 0 Å². The molecule has 0 saturated carbocycles. The summed E-state index contributed by atoms with van der Waals surface area (Å²) in [5.74, 6) is 0. The molecule has 1 aromatic heterocycles. The van der Waals surface area contributed by atoms with Gasteiger partial charge in [0.2, 0.25) is 0 Å². The van der Waals surface area contributed by atoms with E-state index in [2.05, 4.69) is 46.0 Å². The van der Waals surface area contributed by atoms with Crippen LogP contribution in [0.3, 0.4) is 0 Å². The van der Waals surface area contributed by atoms with Crippen LogP contribution in [0.25, 0.3) is 21.9 Å². The van der Waals surface area contributed by atoms with E-state index in [0.717, 1.165) is 27.5 Å². The zero-order valence-corrected chi connectivity index (χ0v) is 16.2. The van der Waals surface area contributed by atoms with Gasteiger partial charge in [-0.1, -0.05) is 45.0 Å². The van der Waals surface area contributed by atoms with Gasteiger partial charge in [0.25, 0.3) is 0 Å². The minimum atomic E-state index is -1.78. The number of benzene rings is 2. The van der Waals surface area contributed by atoms with Gasteiger partial charge in [-0.05, 0) is 41.9 Å². The van der Waals surface area contributed by atoms with Crippen LogP contribution in [0.4, 0.5) is 0 Å². The van der Waals surface area contributed by atoms with E-state index in [9.17, 15) is 0 Å². The Labute approximate surface area is 144 Å². The molecule has 0 spiro atoms. The van der Waals surface area contributed by atoms with E-state index < -0.39 is 8.32 Å². The lowest BCUT2D eigenvalue weighted by Crippen LogP contribution is -2.42. The van der Waals surface area contributed by atoms with Gasteiger partial charge in [0.15, 0.2) is 8.32 Å². The van der Waals surface area contributed by atoms with Crippen LogP contribution in [-0.4, -0.2) is 14.9 Å². The summed E-state index contributed by atoms with van der Waals surface area (Å²) in [5, 5.41) is 2.44. The first-order valence-corrected chi connectivity index (χ1v) is 11.4. The molecule has 4 heteroatoms. The van der Waals surface area contributed by atoms with Crippen LogP contribution < -0.4 is 5.73 Å². The van der Waals surface area contributed by atoms with Crippen molar-refractivity contribution in [2.75, 3.05) is 6.61 Å². The Morgan fingerprint density at radius 2 is 1.71 bits per heavy atom. The first-order valence-electron chi connectivity index (χ1n) is 8.50. The number of fused-ring (bicyclic) bond motifs is 3. The summed E-state index contributed by atoms with van der Waals surface area (Å²) in [6, 6.07) is 14.2. The molecule has 0 radical (unpaired) electrons. The predicted octanol–water partition coefficient (Wildman–Crippen LogP) is 5.61. The maximum atomic E-state index is 6.42. The smallest absolute Gasteiger partial charge is 0.192 e. The summed E-state index contributed by atoms with van der Waals surface area (Å²) >= 11 is 0. The minimum absolute atomic E-state index is 0.128. The van der Waals surface area contributed by atoms with Crippen molar-refractivity contribution in [3.05, 3.63) is 48.0 Å². The molecule has 2 aromatic carbocycles. The summed E-state index contributed by atoms with van der Waals surface area (Å²) in [6.45, 7) is 11.8. The Kier molecular flexibility index (Phi) is 4.32. The lowest BCUT2D eigenvalue weighted by atomic mass is 10.0. The van der Waals surface area contributed by atoms with E-state index in [1.807, 2.05) is 30.3 Å². The van der Waals surface area contributed by atoms with Crippen LogP contribution in [0.15, 0.2) is 46.9 Å². The first kappa shape index (κ1) is 17.2. The second kappa shape index (κ2) is 6.03. The van der Waals surface area contributed by atoms with Crippen LogP contribution in [0.5, 0.6) is 0 Å².